The van der Waals surface area contributed by atoms with Gasteiger partial charge in [0, 0.05) is 24.1 Å². The number of amides is 3. The minimum absolute atomic E-state index is 0.0649. The van der Waals surface area contributed by atoms with E-state index in [0.717, 1.165) is 12.8 Å². The molecule has 0 bridgehead atoms. The molecule has 8 heteroatoms. The standard InChI is InChI=1S/C17H23N3O5/c1-3-4-5-14(21)18-13-8-6-12(7-9-13)17(24)20-19-15(22)10-11-16(23)25-2/h6-9H,3-5,10-11H2,1-2H3,(H,18,21)(H,19,22)(H,20,24). The summed E-state index contributed by atoms with van der Waals surface area (Å²) >= 11 is 0. The van der Waals surface area contributed by atoms with E-state index in [1.54, 1.807) is 12.1 Å². The molecule has 0 unspecified atom stereocenters. The zero-order valence-electron chi connectivity index (χ0n) is 14.4. The molecule has 0 radical (unpaired) electrons. The second-order valence-electron chi connectivity index (χ2n) is 5.31. The second kappa shape index (κ2) is 10.8. The summed E-state index contributed by atoms with van der Waals surface area (Å²) in [6.07, 6.45) is 2.07. The first kappa shape index (κ1) is 20.1. The third-order valence-electron chi connectivity index (χ3n) is 3.29. The van der Waals surface area contributed by atoms with Crippen LogP contribution in [0.15, 0.2) is 24.3 Å². The van der Waals surface area contributed by atoms with Crippen LogP contribution in [0.2, 0.25) is 0 Å². The Morgan fingerprint density at radius 1 is 0.920 bits per heavy atom. The van der Waals surface area contributed by atoms with Crippen LogP contribution < -0.4 is 16.2 Å². The molecule has 25 heavy (non-hydrogen) atoms. The van der Waals surface area contributed by atoms with Crippen LogP contribution in [0.5, 0.6) is 0 Å². The van der Waals surface area contributed by atoms with E-state index in [-0.39, 0.29) is 18.7 Å². The summed E-state index contributed by atoms with van der Waals surface area (Å²) in [7, 11) is 1.23. The fourth-order valence-corrected chi connectivity index (χ4v) is 1.84. The Morgan fingerprint density at radius 3 is 2.20 bits per heavy atom. The van der Waals surface area contributed by atoms with Gasteiger partial charge in [-0.1, -0.05) is 13.3 Å². The van der Waals surface area contributed by atoms with E-state index in [1.165, 1.54) is 19.2 Å². The van der Waals surface area contributed by atoms with Gasteiger partial charge in [0.1, 0.15) is 0 Å². The van der Waals surface area contributed by atoms with Crippen molar-refractivity contribution in [3.63, 3.8) is 0 Å². The van der Waals surface area contributed by atoms with Gasteiger partial charge in [-0.2, -0.15) is 0 Å². The molecule has 136 valence electrons. The van der Waals surface area contributed by atoms with Crippen LogP contribution in [-0.2, 0) is 19.1 Å². The van der Waals surface area contributed by atoms with Gasteiger partial charge in [0.2, 0.25) is 11.8 Å². The highest BCUT2D eigenvalue weighted by Gasteiger charge is 2.10. The monoisotopic (exact) mass is 349 g/mol. The van der Waals surface area contributed by atoms with Crippen molar-refractivity contribution < 1.29 is 23.9 Å². The van der Waals surface area contributed by atoms with Gasteiger partial charge < -0.3 is 10.1 Å². The van der Waals surface area contributed by atoms with Crippen LogP contribution in [0.4, 0.5) is 5.69 Å². The number of anilines is 1. The zero-order valence-corrected chi connectivity index (χ0v) is 14.4. The number of esters is 1. The molecule has 8 nitrogen and oxygen atoms in total. The molecule has 0 aromatic heterocycles. The molecule has 1 rings (SSSR count). The minimum Gasteiger partial charge on any atom is -0.469 e. The largest absolute Gasteiger partial charge is 0.469 e. The molecule has 0 saturated heterocycles. The number of unbranched alkanes of at least 4 members (excludes halogenated alkanes) is 1. The Kier molecular flexibility index (Phi) is 8.70. The van der Waals surface area contributed by atoms with Crippen LogP contribution >= 0.6 is 0 Å². The summed E-state index contributed by atoms with van der Waals surface area (Å²) in [6.45, 7) is 2.01. The Morgan fingerprint density at radius 2 is 1.60 bits per heavy atom. The highest BCUT2D eigenvalue weighted by molar-refractivity contribution is 5.96. The molecule has 0 saturated carbocycles. The third kappa shape index (κ3) is 7.96. The normalized spacial score (nSPS) is 9.84. The van der Waals surface area contributed by atoms with Crippen LogP contribution in [0, 0.1) is 0 Å². The number of carbonyl (C=O) groups excluding carboxylic acids is 4. The first-order valence-corrected chi connectivity index (χ1v) is 8.02. The van der Waals surface area contributed by atoms with Crippen molar-refractivity contribution in [2.24, 2.45) is 0 Å². The highest BCUT2D eigenvalue weighted by atomic mass is 16.5. The van der Waals surface area contributed by atoms with E-state index in [1.807, 2.05) is 6.92 Å². The van der Waals surface area contributed by atoms with Gasteiger partial charge in [0.15, 0.2) is 0 Å². The first-order valence-electron chi connectivity index (χ1n) is 8.02. The van der Waals surface area contributed by atoms with E-state index in [2.05, 4.69) is 20.9 Å². The average Bonchev–Trinajstić information content (AvgIpc) is 2.62. The van der Waals surface area contributed by atoms with Gasteiger partial charge in [-0.3, -0.25) is 30.0 Å². The van der Waals surface area contributed by atoms with Crippen molar-refractivity contribution in [2.75, 3.05) is 12.4 Å². The smallest absolute Gasteiger partial charge is 0.306 e. The third-order valence-corrected chi connectivity index (χ3v) is 3.29. The van der Waals surface area contributed by atoms with Gasteiger partial charge in [0.25, 0.3) is 5.91 Å². The lowest BCUT2D eigenvalue weighted by molar-refractivity contribution is -0.142. The molecule has 0 aliphatic carbocycles. The molecule has 0 heterocycles. The molecule has 0 aliphatic rings. The molecule has 0 atom stereocenters. The number of methoxy groups -OCH3 is 1. The van der Waals surface area contributed by atoms with Gasteiger partial charge >= 0.3 is 5.97 Å². The fraction of sp³-hybridized carbons (Fsp3) is 0.412. The lowest BCUT2D eigenvalue weighted by Crippen LogP contribution is -2.41. The molecular weight excluding hydrogens is 326 g/mol. The van der Waals surface area contributed by atoms with E-state index >= 15 is 0 Å². The van der Waals surface area contributed by atoms with Gasteiger partial charge in [-0.05, 0) is 30.7 Å². The molecule has 1 aromatic carbocycles. The first-order chi connectivity index (χ1) is 12.0. The quantitative estimate of drug-likeness (QED) is 0.486. The lowest BCUT2D eigenvalue weighted by atomic mass is 10.2. The lowest BCUT2D eigenvalue weighted by Gasteiger charge is -2.08. The topological polar surface area (TPSA) is 114 Å². The van der Waals surface area contributed by atoms with E-state index in [9.17, 15) is 19.2 Å². The van der Waals surface area contributed by atoms with Gasteiger partial charge in [-0.25, -0.2) is 0 Å². The summed E-state index contributed by atoms with van der Waals surface area (Å²) in [5.74, 6) is -1.58. The van der Waals surface area contributed by atoms with Gasteiger partial charge in [-0.15, -0.1) is 0 Å². The summed E-state index contributed by atoms with van der Waals surface area (Å²) in [5, 5.41) is 2.74. The molecule has 0 fully saturated rings. The number of ether oxygens (including phenoxy) is 1. The molecule has 3 amide bonds. The number of benzene rings is 1. The highest BCUT2D eigenvalue weighted by Crippen LogP contribution is 2.10. The minimum atomic E-state index is -0.504. The number of carbonyl (C=O) groups is 4. The zero-order chi connectivity index (χ0) is 18.7. The summed E-state index contributed by atoms with van der Waals surface area (Å²) < 4.78 is 4.42. The second-order valence-corrected chi connectivity index (χ2v) is 5.31. The van der Waals surface area contributed by atoms with Crippen LogP contribution in [-0.4, -0.2) is 30.8 Å². The maximum absolute atomic E-state index is 11.9. The summed E-state index contributed by atoms with van der Waals surface area (Å²) in [4.78, 5) is 45.9. The van der Waals surface area contributed by atoms with E-state index in [4.69, 9.17) is 0 Å². The van der Waals surface area contributed by atoms with Crippen molar-refractivity contribution in [1.82, 2.24) is 10.9 Å². The SMILES string of the molecule is CCCCC(=O)Nc1ccc(C(=O)NNC(=O)CCC(=O)OC)cc1. The van der Waals surface area contributed by atoms with Crippen molar-refractivity contribution >= 4 is 29.4 Å². The number of hydrogen-bond donors (Lipinski definition) is 3. The van der Waals surface area contributed by atoms with E-state index < -0.39 is 17.8 Å². The number of hydrogen-bond acceptors (Lipinski definition) is 5. The number of rotatable bonds is 8. The predicted molar refractivity (Wildman–Crippen MR) is 91.5 cm³/mol. The molecule has 3 N–H and O–H groups in total. The van der Waals surface area contributed by atoms with Crippen molar-refractivity contribution in [3.8, 4) is 0 Å². The summed E-state index contributed by atoms with van der Waals surface area (Å²) in [5.41, 5.74) is 5.38. The van der Waals surface area contributed by atoms with Crippen LogP contribution in [0.3, 0.4) is 0 Å². The maximum atomic E-state index is 11.9. The van der Waals surface area contributed by atoms with E-state index in [0.29, 0.717) is 17.7 Å². The van der Waals surface area contributed by atoms with Crippen molar-refractivity contribution in [1.29, 1.82) is 0 Å². The Hall–Kier alpha value is -2.90. The fourth-order valence-electron chi connectivity index (χ4n) is 1.84. The van der Waals surface area contributed by atoms with Crippen LogP contribution in [0.25, 0.3) is 0 Å². The number of nitrogens with one attached hydrogen (secondary N) is 3. The number of hydrazine groups is 1. The Bertz CT molecular complexity index is 613. The molecule has 1 aromatic rings. The van der Waals surface area contributed by atoms with Gasteiger partial charge in [0.05, 0.1) is 13.5 Å². The average molecular weight is 349 g/mol. The predicted octanol–water partition coefficient (Wildman–Crippen LogP) is 1.53. The molecular formula is C17H23N3O5. The Labute approximate surface area is 146 Å². The maximum Gasteiger partial charge on any atom is 0.306 e. The van der Waals surface area contributed by atoms with Crippen LogP contribution in [0.1, 0.15) is 49.4 Å². The molecule has 0 aliphatic heterocycles. The Balaban J connectivity index is 2.42. The van der Waals surface area contributed by atoms with Crippen molar-refractivity contribution in [2.45, 2.75) is 39.0 Å². The molecule has 0 spiro atoms. The summed E-state index contributed by atoms with van der Waals surface area (Å²) in [6, 6.07) is 6.28. The van der Waals surface area contributed by atoms with Crippen molar-refractivity contribution in [3.05, 3.63) is 29.8 Å².